The Morgan fingerprint density at radius 2 is 1.68 bits per heavy atom. The van der Waals surface area contributed by atoms with E-state index in [-0.39, 0.29) is 37.9 Å². The highest BCUT2D eigenvalue weighted by molar-refractivity contribution is 5.85. The van der Waals surface area contributed by atoms with E-state index >= 15 is 0 Å². The molecule has 0 bridgehead atoms. The van der Waals surface area contributed by atoms with Gasteiger partial charge in [-0.3, -0.25) is 9.59 Å². The van der Waals surface area contributed by atoms with Crippen LogP contribution in [-0.4, -0.2) is 67.4 Å². The second kappa shape index (κ2) is 10.7. The Morgan fingerprint density at radius 1 is 1.06 bits per heavy atom. The number of carbonyl (C=O) groups is 3. The van der Waals surface area contributed by atoms with Gasteiger partial charge in [0.25, 0.3) is 5.91 Å². The highest BCUT2D eigenvalue weighted by Gasteiger charge is 2.32. The van der Waals surface area contributed by atoms with Crippen molar-refractivity contribution in [2.45, 2.75) is 31.3 Å². The van der Waals surface area contributed by atoms with Crippen LogP contribution in [0.25, 0.3) is 11.1 Å². The van der Waals surface area contributed by atoms with Crippen molar-refractivity contribution >= 4 is 18.0 Å². The summed E-state index contributed by atoms with van der Waals surface area (Å²) in [7, 11) is 1.41. The monoisotopic (exact) mass is 466 g/mol. The van der Waals surface area contributed by atoms with Crippen molar-refractivity contribution in [2.75, 3.05) is 33.4 Å². The van der Waals surface area contributed by atoms with E-state index in [0.717, 1.165) is 35.1 Å². The number of hydrogen-bond donors (Lipinski definition) is 2. The van der Waals surface area contributed by atoms with Crippen molar-refractivity contribution in [3.63, 3.8) is 0 Å². The summed E-state index contributed by atoms with van der Waals surface area (Å²) in [6, 6.07) is 16.2. The zero-order valence-electron chi connectivity index (χ0n) is 19.2. The third kappa shape index (κ3) is 5.56. The van der Waals surface area contributed by atoms with Gasteiger partial charge in [0, 0.05) is 32.5 Å². The summed E-state index contributed by atoms with van der Waals surface area (Å²) in [6.45, 7) is 0.450. The molecule has 1 saturated carbocycles. The molecule has 2 aromatic carbocycles. The van der Waals surface area contributed by atoms with Gasteiger partial charge >= 0.3 is 12.1 Å². The van der Waals surface area contributed by atoms with E-state index < -0.39 is 18.2 Å². The number of rotatable bonds is 11. The van der Waals surface area contributed by atoms with E-state index in [1.165, 1.54) is 12.0 Å². The lowest BCUT2D eigenvalue weighted by atomic mass is 9.98. The number of nitrogens with zero attached hydrogens (tertiary/aromatic N) is 1. The number of hydrogen-bond acceptors (Lipinski definition) is 5. The average molecular weight is 467 g/mol. The predicted octanol–water partition coefficient (Wildman–Crippen LogP) is 3.25. The zero-order valence-corrected chi connectivity index (χ0v) is 19.2. The number of amides is 2. The Kier molecular flexibility index (Phi) is 7.47. The highest BCUT2D eigenvalue weighted by atomic mass is 16.5. The molecule has 2 aromatic rings. The van der Waals surface area contributed by atoms with E-state index in [9.17, 15) is 14.4 Å². The molecule has 1 unspecified atom stereocenters. The first-order valence-electron chi connectivity index (χ1n) is 11.6. The number of nitrogens with one attached hydrogen (secondary N) is 1. The smallest absolute Gasteiger partial charge is 0.407 e. The fourth-order valence-corrected chi connectivity index (χ4v) is 4.51. The van der Waals surface area contributed by atoms with Gasteiger partial charge in [0.1, 0.15) is 19.3 Å². The van der Waals surface area contributed by atoms with Gasteiger partial charge in [-0.25, -0.2) is 4.79 Å². The van der Waals surface area contributed by atoms with Crippen LogP contribution < -0.4 is 5.32 Å². The molecule has 0 aromatic heterocycles. The number of carboxylic acid groups (broad SMARTS) is 1. The van der Waals surface area contributed by atoms with Gasteiger partial charge in [0.2, 0.25) is 0 Å². The van der Waals surface area contributed by atoms with Crippen LogP contribution in [0.2, 0.25) is 0 Å². The predicted molar refractivity (Wildman–Crippen MR) is 125 cm³/mol. The molecule has 1 atom stereocenters. The first-order chi connectivity index (χ1) is 16.5. The zero-order chi connectivity index (χ0) is 24.1. The molecule has 0 spiro atoms. The number of alkyl carbamates (subject to hydrolysis) is 1. The van der Waals surface area contributed by atoms with Crippen molar-refractivity contribution in [3.8, 4) is 11.1 Å². The van der Waals surface area contributed by atoms with Gasteiger partial charge < -0.3 is 24.8 Å². The quantitative estimate of drug-likeness (QED) is 0.527. The summed E-state index contributed by atoms with van der Waals surface area (Å²) in [5.41, 5.74) is 4.59. The summed E-state index contributed by atoms with van der Waals surface area (Å²) in [5, 5.41) is 11.8. The molecule has 0 radical (unpaired) electrons. The number of ether oxygens (including phenoxy) is 2. The summed E-state index contributed by atoms with van der Waals surface area (Å²) < 4.78 is 10.8. The minimum atomic E-state index is -1.05. The maximum atomic E-state index is 12.8. The Bertz CT molecular complexity index is 1010. The lowest BCUT2D eigenvalue weighted by Crippen LogP contribution is -2.45. The van der Waals surface area contributed by atoms with E-state index in [2.05, 4.69) is 29.6 Å². The highest BCUT2D eigenvalue weighted by Crippen LogP contribution is 2.44. The molecule has 4 rings (SSSR count). The topological polar surface area (TPSA) is 105 Å². The number of carbonyl (C=O) groups excluding carboxylic acids is 2. The fraction of sp³-hybridized carbons (Fsp3) is 0.423. The molecule has 8 nitrogen and oxygen atoms in total. The number of methoxy groups -OCH3 is 1. The van der Waals surface area contributed by atoms with Gasteiger partial charge in [0.15, 0.2) is 0 Å². The summed E-state index contributed by atoms with van der Waals surface area (Å²) in [4.78, 5) is 37.6. The molecule has 34 heavy (non-hydrogen) atoms. The minimum absolute atomic E-state index is 0.0292. The SMILES string of the molecule is COC(CCNC(=O)OCC1c2ccccc2-c2ccccc21)C(=O)N(CC(=O)O)CC1CC1. The molecular weight excluding hydrogens is 436 g/mol. The van der Waals surface area contributed by atoms with Gasteiger partial charge in [-0.15, -0.1) is 0 Å². The molecule has 180 valence electrons. The molecule has 2 aliphatic carbocycles. The Balaban J connectivity index is 1.28. The van der Waals surface area contributed by atoms with Crippen LogP contribution >= 0.6 is 0 Å². The van der Waals surface area contributed by atoms with Gasteiger partial charge in [0.05, 0.1) is 0 Å². The third-order valence-corrected chi connectivity index (χ3v) is 6.39. The number of benzene rings is 2. The van der Waals surface area contributed by atoms with Crippen LogP contribution in [-0.2, 0) is 19.1 Å². The van der Waals surface area contributed by atoms with Gasteiger partial charge in [-0.05, 0) is 41.0 Å². The van der Waals surface area contributed by atoms with Crippen LogP contribution in [0.1, 0.15) is 36.3 Å². The summed E-state index contributed by atoms with van der Waals surface area (Å²) in [6.07, 6.45) is 0.839. The molecule has 2 N–H and O–H groups in total. The number of aliphatic carboxylic acids is 1. The van der Waals surface area contributed by atoms with Crippen molar-refractivity contribution < 1.29 is 29.0 Å². The largest absolute Gasteiger partial charge is 0.480 e. The average Bonchev–Trinajstić information content (AvgIpc) is 3.60. The Hall–Kier alpha value is -3.39. The van der Waals surface area contributed by atoms with Crippen molar-refractivity contribution in [1.29, 1.82) is 0 Å². The normalized spacial score (nSPS) is 15.2. The van der Waals surface area contributed by atoms with Crippen molar-refractivity contribution in [1.82, 2.24) is 10.2 Å². The van der Waals surface area contributed by atoms with E-state index in [1.807, 2.05) is 24.3 Å². The van der Waals surface area contributed by atoms with E-state index in [1.54, 1.807) is 0 Å². The van der Waals surface area contributed by atoms with E-state index in [0.29, 0.717) is 12.5 Å². The molecular formula is C26H30N2O6. The Labute approximate surface area is 198 Å². The number of fused-ring (bicyclic) bond motifs is 3. The summed E-state index contributed by atoms with van der Waals surface area (Å²) >= 11 is 0. The van der Waals surface area contributed by atoms with Crippen molar-refractivity contribution in [2.24, 2.45) is 5.92 Å². The van der Waals surface area contributed by atoms with Crippen LogP contribution in [0.5, 0.6) is 0 Å². The van der Waals surface area contributed by atoms with E-state index in [4.69, 9.17) is 14.6 Å². The Morgan fingerprint density at radius 3 is 2.24 bits per heavy atom. The van der Waals surface area contributed by atoms with Crippen LogP contribution in [0.15, 0.2) is 48.5 Å². The maximum absolute atomic E-state index is 12.8. The van der Waals surface area contributed by atoms with Crippen LogP contribution in [0.3, 0.4) is 0 Å². The van der Waals surface area contributed by atoms with Gasteiger partial charge in [-0.1, -0.05) is 48.5 Å². The second-order valence-electron chi connectivity index (χ2n) is 8.82. The third-order valence-electron chi connectivity index (χ3n) is 6.39. The summed E-state index contributed by atoms with van der Waals surface area (Å²) in [5.74, 6) is -1.09. The molecule has 0 aliphatic heterocycles. The standard InChI is InChI=1S/C26H30N2O6/c1-33-23(25(31)28(15-24(29)30)14-17-10-11-17)12-13-27-26(32)34-16-22-20-8-4-2-6-18(20)19-7-3-5-9-21(19)22/h2-9,17,22-23H,10-16H2,1H3,(H,27,32)(H,29,30). The van der Waals surface area contributed by atoms with Crippen LogP contribution in [0.4, 0.5) is 4.79 Å². The van der Waals surface area contributed by atoms with Crippen LogP contribution in [0, 0.1) is 5.92 Å². The molecule has 2 aliphatic rings. The number of carboxylic acids is 1. The first kappa shape index (κ1) is 23.8. The maximum Gasteiger partial charge on any atom is 0.407 e. The lowest BCUT2D eigenvalue weighted by molar-refractivity contribution is -0.150. The molecule has 0 saturated heterocycles. The fourth-order valence-electron chi connectivity index (χ4n) is 4.51. The minimum Gasteiger partial charge on any atom is -0.480 e. The lowest BCUT2D eigenvalue weighted by Gasteiger charge is -2.25. The molecule has 1 fully saturated rings. The molecule has 2 amide bonds. The van der Waals surface area contributed by atoms with Gasteiger partial charge in [-0.2, -0.15) is 0 Å². The molecule has 0 heterocycles. The second-order valence-corrected chi connectivity index (χ2v) is 8.82. The van der Waals surface area contributed by atoms with Crippen molar-refractivity contribution in [3.05, 3.63) is 59.7 Å². The molecule has 8 heteroatoms. The first-order valence-corrected chi connectivity index (χ1v) is 11.6.